The van der Waals surface area contributed by atoms with Crippen LogP contribution in [-0.2, 0) is 0 Å². The molecule has 1 unspecified atom stereocenters. The van der Waals surface area contributed by atoms with Crippen LogP contribution in [-0.4, -0.2) is 64.2 Å². The van der Waals surface area contributed by atoms with E-state index in [4.69, 9.17) is 0 Å². The highest BCUT2D eigenvalue weighted by Gasteiger charge is 2.23. The molecule has 1 atom stereocenters. The molecular weight excluding hydrogens is 352 g/mol. The molecule has 0 radical (unpaired) electrons. The second-order valence-corrected chi connectivity index (χ2v) is 7.27. The van der Waals surface area contributed by atoms with E-state index < -0.39 is 0 Å². The zero-order chi connectivity index (χ0) is 19.5. The number of aromatic nitrogens is 3. The molecule has 7 heteroatoms. The van der Waals surface area contributed by atoms with Crippen molar-refractivity contribution in [3.8, 4) is 0 Å². The summed E-state index contributed by atoms with van der Waals surface area (Å²) in [6, 6.07) is 12.6. The maximum atomic E-state index is 12.7. The number of anilines is 1. The fourth-order valence-electron chi connectivity index (χ4n) is 3.78. The van der Waals surface area contributed by atoms with E-state index in [9.17, 15) is 4.79 Å². The lowest BCUT2D eigenvalue weighted by Gasteiger charge is -2.39. The molecule has 0 saturated carbocycles. The summed E-state index contributed by atoms with van der Waals surface area (Å²) in [5, 5.41) is 7.44. The fraction of sp³-hybridized carbons (Fsp3) is 0.381. The van der Waals surface area contributed by atoms with Crippen molar-refractivity contribution in [2.45, 2.75) is 19.9 Å². The minimum atomic E-state index is -0.110. The Labute approximate surface area is 165 Å². The summed E-state index contributed by atoms with van der Waals surface area (Å²) >= 11 is 0. The van der Waals surface area contributed by atoms with Gasteiger partial charge in [-0.15, -0.1) is 0 Å². The summed E-state index contributed by atoms with van der Waals surface area (Å²) in [7, 11) is 0. The highest BCUT2D eigenvalue weighted by molar-refractivity contribution is 6.00. The van der Waals surface area contributed by atoms with Crippen LogP contribution in [0.3, 0.4) is 0 Å². The molecule has 0 aliphatic carbocycles. The summed E-state index contributed by atoms with van der Waals surface area (Å²) in [4.78, 5) is 21.9. The van der Waals surface area contributed by atoms with Gasteiger partial charge in [0.05, 0.1) is 5.69 Å². The van der Waals surface area contributed by atoms with Crippen molar-refractivity contribution >= 4 is 17.2 Å². The molecule has 1 aliphatic heterocycles. The van der Waals surface area contributed by atoms with Crippen LogP contribution >= 0.6 is 0 Å². The lowest BCUT2D eigenvalue weighted by atomic mass is 10.2. The number of carbonyl (C=O) groups is 1. The third kappa shape index (κ3) is 3.71. The molecule has 2 aromatic heterocycles. The Morgan fingerprint density at radius 2 is 1.89 bits per heavy atom. The van der Waals surface area contributed by atoms with Gasteiger partial charge in [0.25, 0.3) is 5.91 Å². The van der Waals surface area contributed by atoms with Gasteiger partial charge in [-0.2, -0.15) is 5.10 Å². The van der Waals surface area contributed by atoms with Crippen molar-refractivity contribution in [3.05, 3.63) is 60.0 Å². The van der Waals surface area contributed by atoms with Crippen LogP contribution in [0.2, 0.25) is 0 Å². The van der Waals surface area contributed by atoms with Crippen LogP contribution < -0.4 is 10.2 Å². The second-order valence-electron chi connectivity index (χ2n) is 7.27. The van der Waals surface area contributed by atoms with E-state index in [0.29, 0.717) is 23.4 Å². The predicted molar refractivity (Wildman–Crippen MR) is 110 cm³/mol. The molecule has 28 heavy (non-hydrogen) atoms. The second kappa shape index (κ2) is 7.98. The van der Waals surface area contributed by atoms with Crippen LogP contribution in [0.4, 0.5) is 5.69 Å². The molecule has 146 valence electrons. The Morgan fingerprint density at radius 1 is 1.14 bits per heavy atom. The molecular formula is C21H26N6O. The number of fused-ring (bicyclic) bond motifs is 1. The van der Waals surface area contributed by atoms with Gasteiger partial charge in [0.15, 0.2) is 5.65 Å². The van der Waals surface area contributed by atoms with Crippen molar-refractivity contribution < 1.29 is 4.79 Å². The predicted octanol–water partition coefficient (Wildman–Crippen LogP) is 1.98. The van der Waals surface area contributed by atoms with Crippen LogP contribution in [0.1, 0.15) is 23.0 Å². The number of piperazine rings is 1. The van der Waals surface area contributed by atoms with E-state index in [1.54, 1.807) is 23.0 Å². The molecule has 3 aromatic rings. The van der Waals surface area contributed by atoms with Gasteiger partial charge in [0, 0.05) is 56.8 Å². The maximum absolute atomic E-state index is 12.7. The van der Waals surface area contributed by atoms with E-state index in [1.165, 1.54) is 5.69 Å². The number of amides is 1. The number of benzene rings is 1. The van der Waals surface area contributed by atoms with Gasteiger partial charge in [0.1, 0.15) is 5.56 Å². The molecule has 1 fully saturated rings. The fourth-order valence-corrected chi connectivity index (χ4v) is 3.78. The topological polar surface area (TPSA) is 65.8 Å². The molecule has 0 bridgehead atoms. The Balaban J connectivity index is 1.33. The minimum absolute atomic E-state index is 0.110. The first-order valence-corrected chi connectivity index (χ1v) is 9.75. The Hall–Kier alpha value is -2.93. The van der Waals surface area contributed by atoms with Crippen LogP contribution in [0.15, 0.2) is 48.8 Å². The van der Waals surface area contributed by atoms with Gasteiger partial charge in [-0.1, -0.05) is 18.2 Å². The van der Waals surface area contributed by atoms with Crippen molar-refractivity contribution in [1.82, 2.24) is 24.8 Å². The summed E-state index contributed by atoms with van der Waals surface area (Å²) in [6.07, 6.45) is 3.49. The summed E-state index contributed by atoms with van der Waals surface area (Å²) in [5.74, 6) is -0.110. The Bertz CT molecular complexity index is 946. The van der Waals surface area contributed by atoms with E-state index in [-0.39, 0.29) is 11.9 Å². The Kier molecular flexibility index (Phi) is 5.25. The maximum Gasteiger partial charge on any atom is 0.257 e. The highest BCUT2D eigenvalue weighted by Crippen LogP contribution is 2.17. The molecule has 0 spiro atoms. The molecule has 3 heterocycles. The van der Waals surface area contributed by atoms with Crippen LogP contribution in [0, 0.1) is 6.92 Å². The lowest BCUT2D eigenvalue weighted by Crippen LogP contribution is -2.52. The zero-order valence-electron chi connectivity index (χ0n) is 16.4. The number of nitrogens with one attached hydrogen (secondary N) is 1. The average molecular weight is 378 g/mol. The SMILES string of the molecule is Cc1nn2cccnc2c1C(=O)NCC(C)N1CCN(c2ccccc2)CC1. The first-order valence-electron chi connectivity index (χ1n) is 9.75. The van der Waals surface area contributed by atoms with Gasteiger partial charge in [-0.25, -0.2) is 9.50 Å². The summed E-state index contributed by atoms with van der Waals surface area (Å²) < 4.78 is 1.65. The lowest BCUT2D eigenvalue weighted by molar-refractivity contribution is 0.0935. The van der Waals surface area contributed by atoms with Gasteiger partial charge in [-0.3, -0.25) is 9.69 Å². The van der Waals surface area contributed by atoms with Gasteiger partial charge in [-0.05, 0) is 32.0 Å². The summed E-state index contributed by atoms with van der Waals surface area (Å²) in [5.41, 5.74) is 3.13. The molecule has 1 aromatic carbocycles. The third-order valence-electron chi connectivity index (χ3n) is 5.41. The first-order chi connectivity index (χ1) is 13.6. The van der Waals surface area contributed by atoms with Gasteiger partial charge < -0.3 is 10.2 Å². The molecule has 1 amide bonds. The Morgan fingerprint density at radius 3 is 2.64 bits per heavy atom. The molecule has 4 rings (SSSR count). The van der Waals surface area contributed by atoms with Gasteiger partial charge in [0.2, 0.25) is 0 Å². The third-order valence-corrected chi connectivity index (χ3v) is 5.41. The van der Waals surface area contributed by atoms with E-state index in [1.807, 2.05) is 13.0 Å². The summed E-state index contributed by atoms with van der Waals surface area (Å²) in [6.45, 7) is 8.59. The standard InChI is InChI=1S/C21H26N6O/c1-16(25-11-13-26(14-12-25)18-7-4-3-5-8-18)15-23-21(28)19-17(2)24-27-10-6-9-22-20(19)27/h3-10,16H,11-15H2,1-2H3,(H,23,28). The first kappa shape index (κ1) is 18.4. The minimum Gasteiger partial charge on any atom is -0.369 e. The van der Waals surface area contributed by atoms with Crippen molar-refractivity contribution in [2.75, 3.05) is 37.6 Å². The smallest absolute Gasteiger partial charge is 0.257 e. The van der Waals surface area contributed by atoms with Crippen molar-refractivity contribution in [1.29, 1.82) is 0 Å². The quantitative estimate of drug-likeness (QED) is 0.735. The number of hydrogen-bond donors (Lipinski definition) is 1. The van der Waals surface area contributed by atoms with Crippen LogP contribution in [0.25, 0.3) is 5.65 Å². The van der Waals surface area contributed by atoms with Crippen molar-refractivity contribution in [3.63, 3.8) is 0 Å². The zero-order valence-corrected chi connectivity index (χ0v) is 16.4. The monoisotopic (exact) mass is 378 g/mol. The molecule has 1 N–H and O–H groups in total. The number of nitrogens with zero attached hydrogens (tertiary/aromatic N) is 5. The van der Waals surface area contributed by atoms with E-state index >= 15 is 0 Å². The highest BCUT2D eigenvalue weighted by atomic mass is 16.1. The molecule has 7 nitrogen and oxygen atoms in total. The van der Waals surface area contributed by atoms with Crippen LogP contribution in [0.5, 0.6) is 0 Å². The van der Waals surface area contributed by atoms with Gasteiger partial charge >= 0.3 is 0 Å². The number of hydrogen-bond acceptors (Lipinski definition) is 5. The number of carbonyl (C=O) groups excluding carboxylic acids is 1. The van der Waals surface area contributed by atoms with Crippen molar-refractivity contribution in [2.24, 2.45) is 0 Å². The normalized spacial score (nSPS) is 16.3. The number of rotatable bonds is 5. The molecule has 1 aliphatic rings. The molecule has 1 saturated heterocycles. The van der Waals surface area contributed by atoms with E-state index in [2.05, 4.69) is 56.4 Å². The number of aryl methyl sites for hydroxylation is 1. The largest absolute Gasteiger partial charge is 0.369 e. The average Bonchev–Trinajstić information content (AvgIpc) is 3.08. The van der Waals surface area contributed by atoms with E-state index in [0.717, 1.165) is 26.2 Å². The number of para-hydroxylation sites is 1.